The minimum absolute atomic E-state index is 0.134. The zero-order valence-electron chi connectivity index (χ0n) is 12.3. The van der Waals surface area contributed by atoms with E-state index in [4.69, 9.17) is 0 Å². The van der Waals surface area contributed by atoms with Crippen molar-refractivity contribution in [3.8, 4) is 0 Å². The van der Waals surface area contributed by atoms with Gasteiger partial charge < -0.3 is 5.32 Å². The SMILES string of the molecule is CN(C)S(=O)(=O)N1CCCC[C@@H](NC(=O)c2ccsc2)C1. The topological polar surface area (TPSA) is 69.7 Å². The molecular formula is C13H21N3O3S2. The predicted molar refractivity (Wildman–Crippen MR) is 83.6 cm³/mol. The highest BCUT2D eigenvalue weighted by Crippen LogP contribution is 2.16. The third-order valence-corrected chi connectivity index (χ3v) is 6.13. The summed E-state index contributed by atoms with van der Waals surface area (Å²) in [5, 5.41) is 6.59. The Hall–Kier alpha value is -0.960. The number of thiophene rings is 1. The van der Waals surface area contributed by atoms with Crippen LogP contribution in [0.5, 0.6) is 0 Å². The van der Waals surface area contributed by atoms with Crippen molar-refractivity contribution in [2.24, 2.45) is 0 Å². The Morgan fingerprint density at radius 2 is 2.19 bits per heavy atom. The molecule has 118 valence electrons. The first-order valence-corrected chi connectivity index (χ1v) is 9.26. The van der Waals surface area contributed by atoms with Gasteiger partial charge in [0.1, 0.15) is 0 Å². The predicted octanol–water partition coefficient (Wildman–Crippen LogP) is 1.14. The van der Waals surface area contributed by atoms with E-state index in [0.717, 1.165) is 19.3 Å². The molecule has 6 nitrogen and oxygen atoms in total. The number of carbonyl (C=O) groups is 1. The van der Waals surface area contributed by atoms with Crippen LogP contribution < -0.4 is 5.32 Å². The molecule has 1 N–H and O–H groups in total. The number of nitrogens with zero attached hydrogens (tertiary/aromatic N) is 2. The van der Waals surface area contributed by atoms with Gasteiger partial charge in [-0.15, -0.1) is 0 Å². The second-order valence-electron chi connectivity index (χ2n) is 5.33. The summed E-state index contributed by atoms with van der Waals surface area (Å²) >= 11 is 1.47. The van der Waals surface area contributed by atoms with Crippen molar-refractivity contribution in [1.29, 1.82) is 0 Å². The molecule has 2 heterocycles. The molecule has 1 amide bonds. The minimum atomic E-state index is -3.43. The molecule has 0 radical (unpaired) electrons. The lowest BCUT2D eigenvalue weighted by Gasteiger charge is -2.27. The van der Waals surface area contributed by atoms with Gasteiger partial charge in [-0.2, -0.15) is 28.4 Å². The van der Waals surface area contributed by atoms with Crippen LogP contribution in [0.4, 0.5) is 0 Å². The highest BCUT2D eigenvalue weighted by Gasteiger charge is 2.29. The first kappa shape index (κ1) is 16.4. The largest absolute Gasteiger partial charge is 0.348 e. The van der Waals surface area contributed by atoms with Crippen LogP contribution in [0.15, 0.2) is 16.8 Å². The van der Waals surface area contributed by atoms with Gasteiger partial charge in [0, 0.05) is 44.2 Å². The van der Waals surface area contributed by atoms with Gasteiger partial charge in [0.05, 0.1) is 0 Å². The van der Waals surface area contributed by atoms with Crippen LogP contribution in [0.1, 0.15) is 29.6 Å². The highest BCUT2D eigenvalue weighted by molar-refractivity contribution is 7.86. The quantitative estimate of drug-likeness (QED) is 0.899. The molecule has 0 spiro atoms. The maximum atomic E-state index is 12.2. The van der Waals surface area contributed by atoms with Gasteiger partial charge in [-0.25, -0.2) is 0 Å². The van der Waals surface area contributed by atoms with Gasteiger partial charge in [0.25, 0.3) is 16.1 Å². The molecule has 0 bridgehead atoms. The van der Waals surface area contributed by atoms with Crippen molar-refractivity contribution < 1.29 is 13.2 Å². The van der Waals surface area contributed by atoms with Crippen LogP contribution in [-0.2, 0) is 10.2 Å². The molecule has 0 unspecified atom stereocenters. The number of nitrogens with one attached hydrogen (secondary N) is 1. The average Bonchev–Trinajstić information content (AvgIpc) is 2.86. The fourth-order valence-electron chi connectivity index (χ4n) is 2.33. The summed E-state index contributed by atoms with van der Waals surface area (Å²) in [5.41, 5.74) is 0.631. The second-order valence-corrected chi connectivity index (χ2v) is 8.25. The van der Waals surface area contributed by atoms with Gasteiger partial charge in [0.2, 0.25) is 0 Å². The van der Waals surface area contributed by atoms with E-state index < -0.39 is 10.2 Å². The zero-order valence-corrected chi connectivity index (χ0v) is 13.9. The fraction of sp³-hybridized carbons (Fsp3) is 0.615. The Balaban J connectivity index is 2.05. The third kappa shape index (κ3) is 4.03. The van der Waals surface area contributed by atoms with Crippen molar-refractivity contribution >= 4 is 27.5 Å². The molecule has 0 saturated carbocycles. The molecule has 1 aliphatic heterocycles. The van der Waals surface area contributed by atoms with Crippen molar-refractivity contribution in [3.05, 3.63) is 22.4 Å². The summed E-state index contributed by atoms with van der Waals surface area (Å²) in [7, 11) is -0.374. The average molecular weight is 331 g/mol. The van der Waals surface area contributed by atoms with E-state index >= 15 is 0 Å². The van der Waals surface area contributed by atoms with Gasteiger partial charge in [0.15, 0.2) is 0 Å². The Bertz CT molecular complexity index is 569. The van der Waals surface area contributed by atoms with Gasteiger partial charge in [-0.1, -0.05) is 6.42 Å². The summed E-state index contributed by atoms with van der Waals surface area (Å²) in [4.78, 5) is 12.1. The first-order valence-electron chi connectivity index (χ1n) is 6.92. The van der Waals surface area contributed by atoms with Gasteiger partial charge in [-0.3, -0.25) is 4.79 Å². The maximum absolute atomic E-state index is 12.2. The number of carbonyl (C=O) groups excluding carboxylic acids is 1. The van der Waals surface area contributed by atoms with Crippen LogP contribution in [0.3, 0.4) is 0 Å². The monoisotopic (exact) mass is 331 g/mol. The summed E-state index contributed by atoms with van der Waals surface area (Å²) in [6.45, 7) is 0.835. The molecule has 1 atom stereocenters. The Labute approximate surface area is 129 Å². The zero-order chi connectivity index (χ0) is 15.5. The number of amides is 1. The summed E-state index contributed by atoms with van der Waals surface area (Å²) in [5.74, 6) is -0.134. The second kappa shape index (κ2) is 6.87. The molecule has 21 heavy (non-hydrogen) atoms. The molecule has 1 aliphatic rings. The van der Waals surface area contributed by atoms with Crippen LogP contribution in [0.2, 0.25) is 0 Å². The lowest BCUT2D eigenvalue weighted by atomic mass is 10.1. The van der Waals surface area contributed by atoms with E-state index in [9.17, 15) is 13.2 Å². The summed E-state index contributed by atoms with van der Waals surface area (Å²) < 4.78 is 27.2. The molecule has 1 aromatic rings. The van der Waals surface area contributed by atoms with Crippen molar-refractivity contribution in [2.75, 3.05) is 27.2 Å². The maximum Gasteiger partial charge on any atom is 0.281 e. The van der Waals surface area contributed by atoms with Crippen LogP contribution in [-0.4, -0.2) is 56.2 Å². The van der Waals surface area contributed by atoms with E-state index in [1.54, 1.807) is 11.4 Å². The minimum Gasteiger partial charge on any atom is -0.348 e. The van der Waals surface area contributed by atoms with Gasteiger partial charge >= 0.3 is 0 Å². The standard InChI is InChI=1S/C13H21N3O3S2/c1-15(2)21(18,19)16-7-4-3-5-12(9-16)14-13(17)11-6-8-20-10-11/h6,8,10,12H,3-5,7,9H2,1-2H3,(H,14,17)/t12-/m1/s1. The van der Waals surface area contributed by atoms with E-state index in [1.165, 1.54) is 34.0 Å². The van der Waals surface area contributed by atoms with E-state index in [1.807, 2.05) is 5.38 Å². The number of hydrogen-bond acceptors (Lipinski definition) is 4. The molecule has 1 aromatic heterocycles. The Kier molecular flexibility index (Phi) is 5.37. The van der Waals surface area contributed by atoms with E-state index in [2.05, 4.69) is 5.32 Å². The Morgan fingerprint density at radius 3 is 2.81 bits per heavy atom. The van der Waals surface area contributed by atoms with Gasteiger partial charge in [-0.05, 0) is 24.3 Å². The number of rotatable bonds is 4. The first-order chi connectivity index (χ1) is 9.91. The smallest absolute Gasteiger partial charge is 0.281 e. The van der Waals surface area contributed by atoms with Crippen LogP contribution >= 0.6 is 11.3 Å². The molecule has 1 saturated heterocycles. The summed E-state index contributed by atoms with van der Waals surface area (Å²) in [6, 6.07) is 1.63. The van der Waals surface area contributed by atoms with Crippen molar-refractivity contribution in [3.63, 3.8) is 0 Å². The lowest BCUT2D eigenvalue weighted by molar-refractivity contribution is 0.0932. The normalized spacial score (nSPS) is 21.2. The molecule has 0 aliphatic carbocycles. The third-order valence-electron chi connectivity index (χ3n) is 3.54. The molecule has 0 aromatic carbocycles. The molecule has 1 fully saturated rings. The lowest BCUT2D eigenvalue weighted by Crippen LogP contribution is -2.47. The Morgan fingerprint density at radius 1 is 1.43 bits per heavy atom. The fourth-order valence-corrected chi connectivity index (χ4v) is 4.15. The van der Waals surface area contributed by atoms with Crippen LogP contribution in [0.25, 0.3) is 0 Å². The molecular weight excluding hydrogens is 310 g/mol. The van der Waals surface area contributed by atoms with Crippen LogP contribution in [0, 0.1) is 0 Å². The number of hydrogen-bond donors (Lipinski definition) is 1. The van der Waals surface area contributed by atoms with Crippen molar-refractivity contribution in [2.45, 2.75) is 25.3 Å². The molecule has 8 heteroatoms. The van der Waals surface area contributed by atoms with Crippen molar-refractivity contribution in [1.82, 2.24) is 13.9 Å². The molecule has 2 rings (SSSR count). The highest BCUT2D eigenvalue weighted by atomic mass is 32.2. The van der Waals surface area contributed by atoms with E-state index in [0.29, 0.717) is 18.7 Å². The van der Waals surface area contributed by atoms with E-state index in [-0.39, 0.29) is 11.9 Å². The summed E-state index contributed by atoms with van der Waals surface area (Å²) in [6.07, 6.45) is 2.53.